The minimum absolute atomic E-state index is 0.190. The number of benzene rings is 2. The molecule has 0 saturated carbocycles. The Hall–Kier alpha value is -2.10. The summed E-state index contributed by atoms with van der Waals surface area (Å²) < 4.78 is 31.7. The Morgan fingerprint density at radius 1 is 1.21 bits per heavy atom. The number of hydrogen-bond donors (Lipinski definition) is 0. The third-order valence-electron chi connectivity index (χ3n) is 4.34. The fraction of sp³-hybridized carbons (Fsp3) is 0.300. The maximum atomic E-state index is 12.6. The summed E-state index contributed by atoms with van der Waals surface area (Å²) in [4.78, 5) is 17.7. The molecule has 0 N–H and O–H groups in total. The molecular formula is C20H22N2O4S3. The lowest BCUT2D eigenvalue weighted by Crippen LogP contribution is -2.18. The summed E-state index contributed by atoms with van der Waals surface area (Å²) in [7, 11) is -1.70. The molecule has 0 aliphatic rings. The monoisotopic (exact) mass is 450 g/mol. The topological polar surface area (TPSA) is 77.7 Å². The Bertz CT molecular complexity index is 1190. The van der Waals surface area contributed by atoms with Crippen molar-refractivity contribution in [2.75, 3.05) is 25.4 Å². The highest BCUT2D eigenvalue weighted by molar-refractivity contribution is 7.98. The van der Waals surface area contributed by atoms with Gasteiger partial charge in [-0.2, -0.15) is 16.8 Å². The number of fused-ring (bicyclic) bond motifs is 1. The third kappa shape index (κ3) is 5.29. The van der Waals surface area contributed by atoms with Gasteiger partial charge in [0.25, 0.3) is 5.91 Å². The number of thioether (sulfide) groups is 1. The van der Waals surface area contributed by atoms with E-state index in [0.29, 0.717) is 11.3 Å². The number of aryl methyl sites for hydroxylation is 1. The molecule has 0 saturated heterocycles. The number of amides is 1. The number of thiazole rings is 1. The van der Waals surface area contributed by atoms with Crippen molar-refractivity contribution in [2.24, 2.45) is 4.99 Å². The van der Waals surface area contributed by atoms with Crippen molar-refractivity contribution in [3.05, 3.63) is 52.8 Å². The Labute approximate surface area is 178 Å². The number of aromatic nitrogens is 1. The Morgan fingerprint density at radius 3 is 2.55 bits per heavy atom. The first kappa shape index (κ1) is 21.6. The van der Waals surface area contributed by atoms with Gasteiger partial charge >= 0.3 is 0 Å². The van der Waals surface area contributed by atoms with Gasteiger partial charge in [-0.25, -0.2) is 8.42 Å². The molecule has 3 rings (SSSR count). The van der Waals surface area contributed by atoms with E-state index in [2.05, 4.69) is 4.99 Å². The largest absolute Gasteiger partial charge is 0.497 e. The van der Waals surface area contributed by atoms with Gasteiger partial charge in [0.05, 0.1) is 28.6 Å². The van der Waals surface area contributed by atoms with E-state index < -0.39 is 9.84 Å². The summed E-state index contributed by atoms with van der Waals surface area (Å²) in [5.74, 6) is 1.35. The first-order valence-corrected chi connectivity index (χ1v) is 12.9. The molecule has 1 heterocycles. The van der Waals surface area contributed by atoms with Gasteiger partial charge in [-0.05, 0) is 42.2 Å². The average Bonchev–Trinajstić information content (AvgIpc) is 3.02. The Balaban J connectivity index is 1.99. The van der Waals surface area contributed by atoms with E-state index in [4.69, 9.17) is 4.74 Å². The van der Waals surface area contributed by atoms with E-state index in [0.717, 1.165) is 27.3 Å². The van der Waals surface area contributed by atoms with E-state index in [1.807, 2.05) is 35.1 Å². The van der Waals surface area contributed by atoms with Crippen molar-refractivity contribution in [2.45, 2.75) is 17.9 Å². The zero-order chi connectivity index (χ0) is 21.0. The van der Waals surface area contributed by atoms with E-state index in [1.54, 1.807) is 37.1 Å². The average molecular weight is 451 g/mol. The summed E-state index contributed by atoms with van der Waals surface area (Å²) in [6.07, 6.45) is 3.39. The van der Waals surface area contributed by atoms with Crippen LogP contribution in [0.15, 0.2) is 52.4 Å². The minimum atomic E-state index is -3.30. The maximum Gasteiger partial charge on any atom is 0.252 e. The molecule has 0 bridgehead atoms. The fourth-order valence-corrected chi connectivity index (χ4v) is 5.03. The number of rotatable bonds is 7. The first-order chi connectivity index (χ1) is 13.8. The molecule has 0 spiro atoms. The van der Waals surface area contributed by atoms with Crippen molar-refractivity contribution in [1.29, 1.82) is 0 Å². The normalized spacial score (nSPS) is 12.4. The molecule has 0 fully saturated rings. The van der Waals surface area contributed by atoms with E-state index in [9.17, 15) is 13.2 Å². The van der Waals surface area contributed by atoms with Crippen LogP contribution in [0.1, 0.15) is 5.56 Å². The highest BCUT2D eigenvalue weighted by atomic mass is 32.2. The van der Waals surface area contributed by atoms with Crippen molar-refractivity contribution >= 4 is 49.1 Å². The molecule has 0 radical (unpaired) electrons. The van der Waals surface area contributed by atoms with Crippen molar-refractivity contribution in [3.8, 4) is 5.75 Å². The highest BCUT2D eigenvalue weighted by Gasteiger charge is 2.13. The summed E-state index contributed by atoms with van der Waals surface area (Å²) in [5.41, 5.74) is 1.74. The molecule has 0 aliphatic heterocycles. The molecule has 6 nitrogen and oxygen atoms in total. The summed E-state index contributed by atoms with van der Waals surface area (Å²) in [6, 6.07) is 12.4. The zero-order valence-corrected chi connectivity index (χ0v) is 18.9. The van der Waals surface area contributed by atoms with Crippen LogP contribution in [-0.4, -0.2) is 44.3 Å². The maximum absolute atomic E-state index is 12.6. The molecule has 0 unspecified atom stereocenters. The lowest BCUT2D eigenvalue weighted by molar-refractivity contribution is -0.117. The van der Waals surface area contributed by atoms with Gasteiger partial charge in [-0.1, -0.05) is 23.5 Å². The summed E-state index contributed by atoms with van der Waals surface area (Å²) in [6.45, 7) is 0.689. The van der Waals surface area contributed by atoms with Gasteiger partial charge in [0, 0.05) is 18.6 Å². The van der Waals surface area contributed by atoms with Crippen LogP contribution < -0.4 is 9.54 Å². The van der Waals surface area contributed by atoms with Gasteiger partial charge < -0.3 is 9.30 Å². The fourth-order valence-electron chi connectivity index (χ4n) is 2.83. The minimum Gasteiger partial charge on any atom is -0.497 e. The molecule has 154 valence electrons. The van der Waals surface area contributed by atoms with Crippen LogP contribution in [0, 0.1) is 0 Å². The van der Waals surface area contributed by atoms with Gasteiger partial charge in [0.15, 0.2) is 14.6 Å². The van der Waals surface area contributed by atoms with Crippen molar-refractivity contribution in [1.82, 2.24) is 4.57 Å². The summed E-state index contributed by atoms with van der Waals surface area (Å²) >= 11 is 3.03. The molecule has 3 aromatic rings. The molecule has 0 aliphatic carbocycles. The van der Waals surface area contributed by atoms with Gasteiger partial charge in [0.1, 0.15) is 5.75 Å². The molecule has 29 heavy (non-hydrogen) atoms. The SMILES string of the molecule is COc1ccc(CC(=O)N=c2sc3cc(S(C)(=O)=O)ccc3n2CCSC)cc1. The number of carbonyl (C=O) groups is 1. The van der Waals surface area contributed by atoms with Crippen LogP contribution in [0.25, 0.3) is 10.2 Å². The zero-order valence-electron chi connectivity index (χ0n) is 16.4. The Kier molecular flexibility index (Phi) is 6.81. The predicted octanol–water partition coefficient (Wildman–Crippen LogP) is 3.15. The van der Waals surface area contributed by atoms with Gasteiger partial charge in [-0.3, -0.25) is 4.79 Å². The molecular weight excluding hydrogens is 428 g/mol. The Morgan fingerprint density at radius 2 is 1.93 bits per heavy atom. The predicted molar refractivity (Wildman–Crippen MR) is 119 cm³/mol. The quantitative estimate of drug-likeness (QED) is 0.553. The lowest BCUT2D eigenvalue weighted by atomic mass is 10.1. The second-order valence-electron chi connectivity index (χ2n) is 6.46. The number of carbonyl (C=O) groups excluding carboxylic acids is 1. The number of hydrogen-bond acceptors (Lipinski definition) is 6. The number of methoxy groups -OCH3 is 1. The van der Waals surface area contributed by atoms with E-state index in [-0.39, 0.29) is 17.2 Å². The molecule has 2 aromatic carbocycles. The van der Waals surface area contributed by atoms with E-state index in [1.165, 1.54) is 17.6 Å². The summed E-state index contributed by atoms with van der Waals surface area (Å²) in [5, 5.41) is 0. The molecule has 9 heteroatoms. The van der Waals surface area contributed by atoms with Crippen LogP contribution in [0.4, 0.5) is 0 Å². The van der Waals surface area contributed by atoms with Crippen LogP contribution in [0.3, 0.4) is 0 Å². The number of ether oxygens (including phenoxy) is 1. The van der Waals surface area contributed by atoms with Crippen LogP contribution in [0.5, 0.6) is 5.75 Å². The van der Waals surface area contributed by atoms with Gasteiger partial charge in [-0.15, -0.1) is 0 Å². The first-order valence-electron chi connectivity index (χ1n) is 8.84. The highest BCUT2D eigenvalue weighted by Crippen LogP contribution is 2.22. The van der Waals surface area contributed by atoms with Crippen molar-refractivity contribution in [3.63, 3.8) is 0 Å². The van der Waals surface area contributed by atoms with Crippen molar-refractivity contribution < 1.29 is 17.9 Å². The smallest absolute Gasteiger partial charge is 0.252 e. The molecule has 0 atom stereocenters. The number of nitrogens with zero attached hydrogens (tertiary/aromatic N) is 2. The second-order valence-corrected chi connectivity index (χ2v) is 10.5. The van der Waals surface area contributed by atoms with Crippen LogP contribution in [-0.2, 0) is 27.6 Å². The van der Waals surface area contributed by atoms with Gasteiger partial charge in [0.2, 0.25) is 0 Å². The second kappa shape index (κ2) is 9.15. The molecule has 1 amide bonds. The lowest BCUT2D eigenvalue weighted by Gasteiger charge is -2.05. The molecule has 1 aromatic heterocycles. The van der Waals surface area contributed by atoms with Crippen LogP contribution >= 0.6 is 23.1 Å². The van der Waals surface area contributed by atoms with E-state index >= 15 is 0 Å². The third-order valence-corrected chi connectivity index (χ3v) is 7.08. The standard InChI is InChI=1S/C20H22N2O4S3/c1-26-15-6-4-14(5-7-15)12-19(23)21-20-22(10-11-27-2)17-9-8-16(29(3,24)25)13-18(17)28-20/h4-9,13H,10-12H2,1-3H3. The number of sulfone groups is 1. The van der Waals surface area contributed by atoms with Crippen LogP contribution in [0.2, 0.25) is 0 Å².